The van der Waals surface area contributed by atoms with Crippen molar-refractivity contribution in [1.29, 1.82) is 0 Å². The highest BCUT2D eigenvalue weighted by molar-refractivity contribution is 9.10. The highest BCUT2D eigenvalue weighted by atomic mass is 79.9. The number of hydrogen-bond acceptors (Lipinski definition) is 4. The van der Waals surface area contributed by atoms with Crippen molar-refractivity contribution in [2.24, 2.45) is 0 Å². The van der Waals surface area contributed by atoms with Crippen molar-refractivity contribution in [3.63, 3.8) is 0 Å². The van der Waals surface area contributed by atoms with Gasteiger partial charge in [0.2, 0.25) is 0 Å². The zero-order chi connectivity index (χ0) is 20.5. The van der Waals surface area contributed by atoms with Crippen molar-refractivity contribution in [3.05, 3.63) is 94.2 Å². The minimum Gasteiger partial charge on any atom is -0.492 e. The van der Waals surface area contributed by atoms with Gasteiger partial charge < -0.3 is 10.1 Å². The molecule has 0 spiro atoms. The summed E-state index contributed by atoms with van der Waals surface area (Å²) in [5, 5.41) is 5.93. The standard InChI is InChI=1S/C22H20BrN3O2S/c23-19-13-18(8-9-20(19)28-12-10-16-5-2-1-3-6-16)21(27)26-22(29)25-15-17-7-4-11-24-14-17/h1-9,11,13-14H,10,12,15H2,(H2,25,26,27,29). The monoisotopic (exact) mass is 469 g/mol. The van der Waals surface area contributed by atoms with Crippen LogP contribution in [0, 0.1) is 0 Å². The largest absolute Gasteiger partial charge is 0.492 e. The first-order chi connectivity index (χ1) is 14.1. The van der Waals surface area contributed by atoms with E-state index in [4.69, 9.17) is 17.0 Å². The van der Waals surface area contributed by atoms with Crippen molar-refractivity contribution in [3.8, 4) is 5.75 Å². The number of halogens is 1. The van der Waals surface area contributed by atoms with Crippen LogP contribution in [0.3, 0.4) is 0 Å². The number of carbonyl (C=O) groups is 1. The van der Waals surface area contributed by atoms with Crippen LogP contribution >= 0.6 is 28.1 Å². The summed E-state index contributed by atoms with van der Waals surface area (Å²) in [6.07, 6.45) is 4.26. The fourth-order valence-electron chi connectivity index (χ4n) is 2.59. The molecule has 7 heteroatoms. The molecule has 5 nitrogen and oxygen atoms in total. The van der Waals surface area contributed by atoms with Gasteiger partial charge in [0.25, 0.3) is 5.91 Å². The molecular weight excluding hydrogens is 450 g/mol. The Morgan fingerprint density at radius 2 is 1.86 bits per heavy atom. The van der Waals surface area contributed by atoms with Crippen LogP contribution in [0.4, 0.5) is 0 Å². The van der Waals surface area contributed by atoms with E-state index in [0.29, 0.717) is 28.9 Å². The van der Waals surface area contributed by atoms with Crippen molar-refractivity contribution >= 4 is 39.2 Å². The van der Waals surface area contributed by atoms with Crippen LogP contribution in [0.2, 0.25) is 0 Å². The number of hydrogen-bond donors (Lipinski definition) is 2. The maximum absolute atomic E-state index is 12.4. The van der Waals surface area contributed by atoms with E-state index in [1.165, 1.54) is 5.56 Å². The molecule has 0 atom stereocenters. The van der Waals surface area contributed by atoms with Crippen molar-refractivity contribution in [2.75, 3.05) is 6.61 Å². The molecule has 148 valence electrons. The summed E-state index contributed by atoms with van der Waals surface area (Å²) >= 11 is 8.66. The maximum Gasteiger partial charge on any atom is 0.257 e. The van der Waals surface area contributed by atoms with Crippen LogP contribution < -0.4 is 15.4 Å². The maximum atomic E-state index is 12.4. The Hall–Kier alpha value is -2.77. The molecule has 0 aliphatic carbocycles. The molecule has 0 unspecified atom stereocenters. The van der Waals surface area contributed by atoms with Gasteiger partial charge in [-0.3, -0.25) is 15.1 Å². The quantitative estimate of drug-likeness (QED) is 0.505. The second kappa shape index (κ2) is 10.7. The average molecular weight is 470 g/mol. The van der Waals surface area contributed by atoms with Crippen LogP contribution in [0.15, 0.2) is 77.5 Å². The van der Waals surface area contributed by atoms with E-state index in [1.54, 1.807) is 30.6 Å². The summed E-state index contributed by atoms with van der Waals surface area (Å²) in [6.45, 7) is 1.04. The van der Waals surface area contributed by atoms with Crippen LogP contribution in [-0.2, 0) is 13.0 Å². The smallest absolute Gasteiger partial charge is 0.257 e. The Morgan fingerprint density at radius 3 is 2.59 bits per heavy atom. The molecule has 0 aliphatic rings. The van der Waals surface area contributed by atoms with Crippen molar-refractivity contribution in [1.82, 2.24) is 15.6 Å². The van der Waals surface area contributed by atoms with E-state index >= 15 is 0 Å². The lowest BCUT2D eigenvalue weighted by molar-refractivity contribution is 0.0976. The van der Waals surface area contributed by atoms with Gasteiger partial charge in [0, 0.05) is 30.9 Å². The normalized spacial score (nSPS) is 10.2. The molecule has 3 aromatic rings. The summed E-state index contributed by atoms with van der Waals surface area (Å²) < 4.78 is 6.54. The SMILES string of the molecule is O=C(NC(=S)NCc1cccnc1)c1ccc(OCCc2ccccc2)c(Br)c1. The number of carbonyl (C=O) groups excluding carboxylic acids is 1. The molecule has 1 aromatic heterocycles. The number of pyridine rings is 1. The number of benzene rings is 2. The van der Waals surface area contributed by atoms with E-state index in [-0.39, 0.29) is 11.0 Å². The predicted octanol–water partition coefficient (Wildman–Crippen LogP) is 4.27. The van der Waals surface area contributed by atoms with E-state index in [1.807, 2.05) is 30.3 Å². The van der Waals surface area contributed by atoms with Gasteiger partial charge in [0.1, 0.15) is 5.75 Å². The number of thiocarbonyl (C=S) groups is 1. The van der Waals surface area contributed by atoms with Gasteiger partial charge in [-0.1, -0.05) is 36.4 Å². The van der Waals surface area contributed by atoms with Crippen molar-refractivity contribution in [2.45, 2.75) is 13.0 Å². The lowest BCUT2D eigenvalue weighted by atomic mass is 10.2. The first-order valence-corrected chi connectivity index (χ1v) is 10.3. The molecule has 1 amide bonds. The highest BCUT2D eigenvalue weighted by Gasteiger charge is 2.11. The third-order valence-electron chi connectivity index (χ3n) is 4.09. The number of nitrogens with zero attached hydrogens (tertiary/aromatic N) is 1. The molecule has 2 aromatic carbocycles. The summed E-state index contributed by atoms with van der Waals surface area (Å²) in [6, 6.07) is 19.1. The third kappa shape index (κ3) is 6.66. The summed E-state index contributed by atoms with van der Waals surface area (Å²) in [5.41, 5.74) is 2.67. The number of nitrogens with one attached hydrogen (secondary N) is 2. The van der Waals surface area contributed by atoms with Gasteiger partial charge in [-0.05, 0) is 63.5 Å². The molecular formula is C22H20BrN3O2S. The van der Waals surface area contributed by atoms with Gasteiger partial charge in [0.15, 0.2) is 5.11 Å². The molecule has 0 aliphatic heterocycles. The van der Waals surface area contributed by atoms with E-state index < -0.39 is 0 Å². The second-order valence-electron chi connectivity index (χ2n) is 6.23. The van der Waals surface area contributed by atoms with Crippen LogP contribution in [-0.4, -0.2) is 22.6 Å². The molecule has 0 bridgehead atoms. The number of ether oxygens (including phenoxy) is 1. The molecule has 29 heavy (non-hydrogen) atoms. The average Bonchev–Trinajstić information content (AvgIpc) is 2.75. The predicted molar refractivity (Wildman–Crippen MR) is 121 cm³/mol. The molecule has 3 rings (SSSR count). The molecule has 2 N–H and O–H groups in total. The molecule has 1 heterocycles. The molecule has 0 saturated heterocycles. The first kappa shape index (κ1) is 21.0. The molecule has 0 radical (unpaired) electrons. The van der Waals surface area contributed by atoms with E-state index in [9.17, 15) is 4.79 Å². The second-order valence-corrected chi connectivity index (χ2v) is 7.49. The Morgan fingerprint density at radius 1 is 1.07 bits per heavy atom. The Bertz CT molecular complexity index is 968. The van der Waals surface area contributed by atoms with E-state index in [0.717, 1.165) is 12.0 Å². The first-order valence-electron chi connectivity index (χ1n) is 9.06. The fraction of sp³-hybridized carbons (Fsp3) is 0.136. The Labute approximate surface area is 183 Å². The zero-order valence-corrected chi connectivity index (χ0v) is 18.0. The number of amides is 1. The lowest BCUT2D eigenvalue weighted by Gasteiger charge is -2.12. The highest BCUT2D eigenvalue weighted by Crippen LogP contribution is 2.26. The molecule has 0 saturated carbocycles. The summed E-state index contributed by atoms with van der Waals surface area (Å²) in [5.74, 6) is 0.403. The van der Waals surface area contributed by atoms with E-state index in [2.05, 4.69) is 43.7 Å². The van der Waals surface area contributed by atoms with Gasteiger partial charge in [0.05, 0.1) is 11.1 Å². The number of rotatable bonds is 7. The van der Waals surface area contributed by atoms with Crippen molar-refractivity contribution < 1.29 is 9.53 Å². The number of aromatic nitrogens is 1. The summed E-state index contributed by atoms with van der Waals surface area (Å²) in [7, 11) is 0. The van der Waals surface area contributed by atoms with Crippen LogP contribution in [0.1, 0.15) is 21.5 Å². The lowest BCUT2D eigenvalue weighted by Crippen LogP contribution is -2.38. The third-order valence-corrected chi connectivity index (χ3v) is 4.95. The van der Waals surface area contributed by atoms with Gasteiger partial charge in [-0.2, -0.15) is 0 Å². The topological polar surface area (TPSA) is 63.2 Å². The van der Waals surface area contributed by atoms with Gasteiger partial charge in [-0.25, -0.2) is 0 Å². The minimum absolute atomic E-state index is 0.262. The minimum atomic E-state index is -0.287. The van der Waals surface area contributed by atoms with Gasteiger partial charge >= 0.3 is 0 Å². The van der Waals surface area contributed by atoms with Crippen LogP contribution in [0.5, 0.6) is 5.75 Å². The Balaban J connectivity index is 1.49. The zero-order valence-electron chi connectivity index (χ0n) is 15.6. The summed E-state index contributed by atoms with van der Waals surface area (Å²) in [4.78, 5) is 16.5. The van der Waals surface area contributed by atoms with Crippen LogP contribution in [0.25, 0.3) is 0 Å². The fourth-order valence-corrected chi connectivity index (χ4v) is 3.25. The molecule has 0 fully saturated rings. The Kier molecular flexibility index (Phi) is 7.72. The van der Waals surface area contributed by atoms with Gasteiger partial charge in [-0.15, -0.1) is 0 Å².